The zero-order valence-electron chi connectivity index (χ0n) is 12.6. The molecule has 2 N–H and O–H groups in total. The summed E-state index contributed by atoms with van der Waals surface area (Å²) in [6.45, 7) is 5.33. The normalized spacial score (nSPS) is 22.4. The summed E-state index contributed by atoms with van der Waals surface area (Å²) in [5, 5.41) is 6.09. The van der Waals surface area contributed by atoms with E-state index in [9.17, 15) is 4.79 Å². The van der Waals surface area contributed by atoms with Gasteiger partial charge in [0.1, 0.15) is 5.82 Å². The Morgan fingerprint density at radius 3 is 2.86 bits per heavy atom. The maximum atomic E-state index is 12.0. The molecule has 0 aromatic carbocycles. The van der Waals surface area contributed by atoms with Crippen LogP contribution < -0.4 is 15.5 Å². The van der Waals surface area contributed by atoms with Crippen LogP contribution in [0.25, 0.3) is 0 Å². The average molecular weight is 306 g/mol. The van der Waals surface area contributed by atoms with Gasteiger partial charge in [-0.2, -0.15) is 0 Å². The predicted molar refractivity (Wildman–Crippen MR) is 83.1 cm³/mol. The third-order valence-corrected chi connectivity index (χ3v) is 3.82. The molecule has 1 amide bonds. The summed E-state index contributed by atoms with van der Waals surface area (Å²) in [7, 11) is 0. The molecule has 2 aliphatic rings. The van der Waals surface area contributed by atoms with Crippen molar-refractivity contribution < 1.29 is 14.3 Å². The number of ether oxygens (including phenoxy) is 2. The van der Waals surface area contributed by atoms with Crippen LogP contribution in [0.5, 0.6) is 0 Å². The van der Waals surface area contributed by atoms with E-state index >= 15 is 0 Å². The SMILES string of the molecule is O=C(CC1COCCN1)Nc1ccc(N2CCOCC2)cn1. The average Bonchev–Trinajstić information content (AvgIpc) is 2.57. The standard InChI is InChI=1S/C15H22N4O3/c20-15(9-12-11-22-6-3-16-12)18-14-2-1-13(10-17-14)19-4-7-21-8-5-19/h1-2,10,12,16H,3-9,11H2,(H,17,18,20). The molecule has 0 aliphatic carbocycles. The molecule has 3 rings (SSSR count). The minimum atomic E-state index is -0.0466. The van der Waals surface area contributed by atoms with E-state index in [-0.39, 0.29) is 11.9 Å². The number of rotatable bonds is 4. The first kappa shape index (κ1) is 15.2. The van der Waals surface area contributed by atoms with Gasteiger partial charge < -0.3 is 25.0 Å². The first-order valence-electron chi connectivity index (χ1n) is 7.71. The second-order valence-electron chi connectivity index (χ2n) is 5.48. The Morgan fingerprint density at radius 2 is 2.18 bits per heavy atom. The Kier molecular flexibility index (Phi) is 5.20. The fourth-order valence-corrected chi connectivity index (χ4v) is 2.64. The van der Waals surface area contributed by atoms with Gasteiger partial charge in [-0.05, 0) is 12.1 Å². The van der Waals surface area contributed by atoms with Gasteiger partial charge >= 0.3 is 0 Å². The summed E-state index contributed by atoms with van der Waals surface area (Å²) in [5.74, 6) is 0.536. The molecule has 1 unspecified atom stereocenters. The molecule has 1 atom stereocenters. The molecule has 0 spiro atoms. The Balaban J connectivity index is 1.50. The second-order valence-corrected chi connectivity index (χ2v) is 5.48. The predicted octanol–water partition coefficient (Wildman–Crippen LogP) is 0.235. The van der Waals surface area contributed by atoms with E-state index in [4.69, 9.17) is 9.47 Å². The number of nitrogens with zero attached hydrogens (tertiary/aromatic N) is 2. The van der Waals surface area contributed by atoms with Crippen molar-refractivity contribution in [1.29, 1.82) is 0 Å². The molecular formula is C15H22N4O3. The van der Waals surface area contributed by atoms with Gasteiger partial charge in [0.25, 0.3) is 0 Å². The van der Waals surface area contributed by atoms with Gasteiger partial charge in [-0.15, -0.1) is 0 Å². The van der Waals surface area contributed by atoms with Crippen LogP contribution in [0.4, 0.5) is 11.5 Å². The summed E-state index contributed by atoms with van der Waals surface area (Å²) >= 11 is 0. The summed E-state index contributed by atoms with van der Waals surface area (Å²) in [4.78, 5) is 18.5. The molecule has 2 aliphatic heterocycles. The molecule has 120 valence electrons. The van der Waals surface area contributed by atoms with E-state index in [2.05, 4.69) is 20.5 Å². The molecule has 1 aromatic rings. The maximum absolute atomic E-state index is 12.0. The highest BCUT2D eigenvalue weighted by Crippen LogP contribution is 2.16. The smallest absolute Gasteiger partial charge is 0.227 e. The Hall–Kier alpha value is -1.70. The highest BCUT2D eigenvalue weighted by Gasteiger charge is 2.17. The molecular weight excluding hydrogens is 284 g/mol. The zero-order chi connectivity index (χ0) is 15.2. The van der Waals surface area contributed by atoms with Gasteiger partial charge in [0.05, 0.1) is 38.3 Å². The van der Waals surface area contributed by atoms with Crippen LogP contribution in [0.1, 0.15) is 6.42 Å². The number of anilines is 2. The molecule has 22 heavy (non-hydrogen) atoms. The van der Waals surface area contributed by atoms with Crippen molar-refractivity contribution in [3.8, 4) is 0 Å². The summed E-state index contributed by atoms with van der Waals surface area (Å²) in [6, 6.07) is 3.91. The van der Waals surface area contributed by atoms with Gasteiger partial charge in [0, 0.05) is 32.1 Å². The molecule has 0 radical (unpaired) electrons. The van der Waals surface area contributed by atoms with E-state index in [1.165, 1.54) is 0 Å². The van der Waals surface area contributed by atoms with Crippen LogP contribution in [0.3, 0.4) is 0 Å². The van der Waals surface area contributed by atoms with Crippen molar-refractivity contribution in [2.24, 2.45) is 0 Å². The molecule has 0 bridgehead atoms. The topological polar surface area (TPSA) is 75.7 Å². The van der Waals surface area contributed by atoms with E-state index in [1.54, 1.807) is 6.20 Å². The summed E-state index contributed by atoms with van der Waals surface area (Å²) in [5.41, 5.74) is 1.06. The van der Waals surface area contributed by atoms with Crippen LogP contribution in [-0.2, 0) is 14.3 Å². The number of morpholine rings is 2. The number of amides is 1. The summed E-state index contributed by atoms with van der Waals surface area (Å²) in [6.07, 6.45) is 2.19. The minimum Gasteiger partial charge on any atom is -0.378 e. The second kappa shape index (κ2) is 7.53. The molecule has 2 saturated heterocycles. The van der Waals surface area contributed by atoms with Crippen LogP contribution in [0, 0.1) is 0 Å². The summed E-state index contributed by atoms with van der Waals surface area (Å²) < 4.78 is 10.7. The van der Waals surface area contributed by atoms with Gasteiger partial charge in [-0.3, -0.25) is 4.79 Å². The van der Waals surface area contributed by atoms with Crippen LogP contribution >= 0.6 is 0 Å². The van der Waals surface area contributed by atoms with Gasteiger partial charge in [0.15, 0.2) is 0 Å². The largest absolute Gasteiger partial charge is 0.378 e. The van der Waals surface area contributed by atoms with Gasteiger partial charge in [-0.25, -0.2) is 4.98 Å². The minimum absolute atomic E-state index is 0.0466. The third kappa shape index (κ3) is 4.16. The quantitative estimate of drug-likeness (QED) is 0.830. The van der Waals surface area contributed by atoms with Crippen molar-refractivity contribution >= 4 is 17.4 Å². The molecule has 3 heterocycles. The van der Waals surface area contributed by atoms with Gasteiger partial charge in [-0.1, -0.05) is 0 Å². The lowest BCUT2D eigenvalue weighted by Crippen LogP contribution is -2.43. The van der Waals surface area contributed by atoms with E-state index < -0.39 is 0 Å². The lowest BCUT2D eigenvalue weighted by atomic mass is 10.2. The fourth-order valence-electron chi connectivity index (χ4n) is 2.64. The van der Waals surface area contributed by atoms with Crippen molar-refractivity contribution in [1.82, 2.24) is 10.3 Å². The van der Waals surface area contributed by atoms with Crippen LogP contribution in [-0.4, -0.2) is 63.0 Å². The Labute approximate surface area is 130 Å². The van der Waals surface area contributed by atoms with Crippen molar-refractivity contribution in [3.05, 3.63) is 18.3 Å². The van der Waals surface area contributed by atoms with E-state index in [1.807, 2.05) is 12.1 Å². The first-order valence-corrected chi connectivity index (χ1v) is 7.71. The molecule has 2 fully saturated rings. The van der Waals surface area contributed by atoms with E-state index in [0.717, 1.165) is 38.5 Å². The van der Waals surface area contributed by atoms with Crippen molar-refractivity contribution in [2.75, 3.05) is 56.3 Å². The Bertz CT molecular complexity index is 482. The lowest BCUT2D eigenvalue weighted by Gasteiger charge is -2.28. The Morgan fingerprint density at radius 1 is 1.32 bits per heavy atom. The molecule has 1 aromatic heterocycles. The number of hydrogen-bond donors (Lipinski definition) is 2. The third-order valence-electron chi connectivity index (χ3n) is 3.82. The number of aromatic nitrogens is 1. The van der Waals surface area contributed by atoms with Crippen molar-refractivity contribution in [2.45, 2.75) is 12.5 Å². The van der Waals surface area contributed by atoms with Crippen molar-refractivity contribution in [3.63, 3.8) is 0 Å². The fraction of sp³-hybridized carbons (Fsp3) is 0.600. The monoisotopic (exact) mass is 306 g/mol. The lowest BCUT2D eigenvalue weighted by molar-refractivity contribution is -0.117. The number of nitrogens with one attached hydrogen (secondary N) is 2. The zero-order valence-corrected chi connectivity index (χ0v) is 12.6. The maximum Gasteiger partial charge on any atom is 0.227 e. The highest BCUT2D eigenvalue weighted by atomic mass is 16.5. The van der Waals surface area contributed by atoms with E-state index in [0.29, 0.717) is 25.5 Å². The molecule has 7 heteroatoms. The number of carbonyl (C=O) groups is 1. The van der Waals surface area contributed by atoms with Crippen LogP contribution in [0.2, 0.25) is 0 Å². The van der Waals surface area contributed by atoms with Gasteiger partial charge in [0.2, 0.25) is 5.91 Å². The first-order chi connectivity index (χ1) is 10.8. The molecule has 7 nitrogen and oxygen atoms in total. The van der Waals surface area contributed by atoms with Crippen LogP contribution in [0.15, 0.2) is 18.3 Å². The highest BCUT2D eigenvalue weighted by molar-refractivity contribution is 5.90. The number of carbonyl (C=O) groups excluding carboxylic acids is 1. The number of pyridine rings is 1. The number of hydrogen-bond acceptors (Lipinski definition) is 6. The molecule has 0 saturated carbocycles.